The predicted molar refractivity (Wildman–Crippen MR) is 101 cm³/mol. The summed E-state index contributed by atoms with van der Waals surface area (Å²) in [7, 11) is 0. The average Bonchev–Trinajstić information content (AvgIpc) is 2.83. The van der Waals surface area contributed by atoms with Gasteiger partial charge in [0.25, 0.3) is 0 Å². The minimum Gasteiger partial charge on any atom is -0.393 e. The molecule has 3 rings (SSSR count). The number of nitrogens with two attached hydrogens (primary N) is 1. The molecule has 1 aromatic heterocycles. The largest absolute Gasteiger partial charge is 0.393 e. The Labute approximate surface area is 144 Å². The summed E-state index contributed by atoms with van der Waals surface area (Å²) >= 11 is 0. The Balaban J connectivity index is 1.78. The number of hydrogen-bond donors (Lipinski definition) is 3. The molecule has 24 heavy (non-hydrogen) atoms. The van der Waals surface area contributed by atoms with Crippen molar-refractivity contribution in [2.45, 2.75) is 58.4 Å². The molecule has 1 saturated carbocycles. The summed E-state index contributed by atoms with van der Waals surface area (Å²) in [5, 5.41) is 6.88. The van der Waals surface area contributed by atoms with Gasteiger partial charge >= 0.3 is 0 Å². The maximum atomic E-state index is 6.33. The van der Waals surface area contributed by atoms with Crippen LogP contribution in [-0.2, 0) is 0 Å². The lowest BCUT2D eigenvalue weighted by molar-refractivity contribution is 0.618. The molecule has 1 aliphatic rings. The molecule has 4 N–H and O–H groups in total. The van der Waals surface area contributed by atoms with Crippen molar-refractivity contribution in [3.05, 3.63) is 35.7 Å². The Hall–Kier alpha value is -2.30. The molecular weight excluding hydrogens is 298 g/mol. The van der Waals surface area contributed by atoms with Crippen LogP contribution in [0.15, 0.2) is 24.5 Å². The standard InChI is InChI=1S/C19H27N5/c1-13-9-10-14(2)16(11-13)24-19-17(20)18(21-12-22-19)23-15-7-5-3-4-6-8-15/h9-12,15H,3-8,20H2,1-2H3,(H2,21,22,23,24). The summed E-state index contributed by atoms with van der Waals surface area (Å²) in [4.78, 5) is 8.69. The topological polar surface area (TPSA) is 75.9 Å². The second-order valence-electron chi connectivity index (χ2n) is 6.76. The molecule has 0 spiro atoms. The van der Waals surface area contributed by atoms with Gasteiger partial charge in [-0.05, 0) is 43.9 Å². The summed E-state index contributed by atoms with van der Waals surface area (Å²) in [6, 6.07) is 6.76. The number of aromatic nitrogens is 2. The summed E-state index contributed by atoms with van der Waals surface area (Å²) < 4.78 is 0. The first-order valence-corrected chi connectivity index (χ1v) is 8.85. The van der Waals surface area contributed by atoms with E-state index >= 15 is 0 Å². The van der Waals surface area contributed by atoms with Gasteiger partial charge < -0.3 is 16.4 Å². The van der Waals surface area contributed by atoms with Gasteiger partial charge in [-0.1, -0.05) is 37.8 Å². The van der Waals surface area contributed by atoms with Crippen molar-refractivity contribution in [1.82, 2.24) is 9.97 Å². The number of anilines is 4. The van der Waals surface area contributed by atoms with E-state index in [2.05, 4.69) is 52.6 Å². The highest BCUT2D eigenvalue weighted by molar-refractivity contribution is 5.78. The van der Waals surface area contributed by atoms with E-state index < -0.39 is 0 Å². The van der Waals surface area contributed by atoms with Crippen LogP contribution in [0.1, 0.15) is 49.7 Å². The SMILES string of the molecule is Cc1ccc(C)c(Nc2ncnc(NC3CCCCCC3)c2N)c1. The second kappa shape index (κ2) is 7.51. The third kappa shape index (κ3) is 3.96. The summed E-state index contributed by atoms with van der Waals surface area (Å²) in [5.74, 6) is 1.40. The van der Waals surface area contributed by atoms with E-state index in [0.29, 0.717) is 17.5 Å². The summed E-state index contributed by atoms with van der Waals surface area (Å²) in [6.45, 7) is 4.15. The van der Waals surface area contributed by atoms with E-state index in [1.165, 1.54) is 44.1 Å². The quantitative estimate of drug-likeness (QED) is 0.719. The van der Waals surface area contributed by atoms with E-state index in [1.54, 1.807) is 6.33 Å². The summed E-state index contributed by atoms with van der Waals surface area (Å²) in [6.07, 6.45) is 9.15. The Morgan fingerprint density at radius 2 is 1.71 bits per heavy atom. The highest BCUT2D eigenvalue weighted by Gasteiger charge is 2.16. The number of rotatable bonds is 4. The fraction of sp³-hybridized carbons (Fsp3) is 0.474. The zero-order chi connectivity index (χ0) is 16.9. The highest BCUT2D eigenvalue weighted by atomic mass is 15.1. The van der Waals surface area contributed by atoms with Crippen LogP contribution in [0.5, 0.6) is 0 Å². The van der Waals surface area contributed by atoms with Gasteiger partial charge in [-0.25, -0.2) is 9.97 Å². The van der Waals surface area contributed by atoms with Gasteiger partial charge in [-0.15, -0.1) is 0 Å². The molecule has 0 amide bonds. The van der Waals surface area contributed by atoms with E-state index in [9.17, 15) is 0 Å². The lowest BCUT2D eigenvalue weighted by Crippen LogP contribution is -2.20. The Morgan fingerprint density at radius 1 is 1.00 bits per heavy atom. The fourth-order valence-corrected chi connectivity index (χ4v) is 3.23. The molecule has 5 nitrogen and oxygen atoms in total. The van der Waals surface area contributed by atoms with Crippen LogP contribution in [0, 0.1) is 13.8 Å². The van der Waals surface area contributed by atoms with Crippen molar-refractivity contribution in [1.29, 1.82) is 0 Å². The molecule has 1 heterocycles. The molecule has 5 heteroatoms. The lowest BCUT2D eigenvalue weighted by Gasteiger charge is -2.19. The molecule has 2 aromatic rings. The molecule has 0 saturated heterocycles. The number of hydrogen-bond acceptors (Lipinski definition) is 5. The van der Waals surface area contributed by atoms with Crippen LogP contribution in [-0.4, -0.2) is 16.0 Å². The van der Waals surface area contributed by atoms with Gasteiger partial charge in [0, 0.05) is 11.7 Å². The molecule has 1 aliphatic carbocycles. The first kappa shape index (κ1) is 16.6. The van der Waals surface area contributed by atoms with E-state index in [0.717, 1.165) is 17.1 Å². The van der Waals surface area contributed by atoms with Crippen LogP contribution in [0.2, 0.25) is 0 Å². The first-order valence-electron chi connectivity index (χ1n) is 8.85. The monoisotopic (exact) mass is 325 g/mol. The molecule has 0 radical (unpaired) electrons. The Bertz CT molecular complexity index is 690. The van der Waals surface area contributed by atoms with Crippen LogP contribution in [0.25, 0.3) is 0 Å². The number of nitrogens with one attached hydrogen (secondary N) is 2. The van der Waals surface area contributed by atoms with E-state index in [1.807, 2.05) is 0 Å². The third-order valence-corrected chi connectivity index (χ3v) is 4.73. The molecule has 1 fully saturated rings. The number of nitrogen functional groups attached to an aromatic ring is 1. The van der Waals surface area contributed by atoms with Crippen molar-refractivity contribution in [3.8, 4) is 0 Å². The van der Waals surface area contributed by atoms with Gasteiger partial charge in [-0.2, -0.15) is 0 Å². The van der Waals surface area contributed by atoms with E-state index in [-0.39, 0.29) is 0 Å². The van der Waals surface area contributed by atoms with Gasteiger partial charge in [0.1, 0.15) is 12.0 Å². The molecule has 0 aliphatic heterocycles. The fourth-order valence-electron chi connectivity index (χ4n) is 3.23. The number of nitrogens with zero attached hydrogens (tertiary/aromatic N) is 2. The lowest BCUT2D eigenvalue weighted by atomic mass is 10.1. The molecule has 128 valence electrons. The predicted octanol–water partition coefficient (Wildman–Crippen LogP) is 4.55. The van der Waals surface area contributed by atoms with Crippen molar-refractivity contribution >= 4 is 23.0 Å². The van der Waals surface area contributed by atoms with Gasteiger partial charge in [0.2, 0.25) is 0 Å². The Kier molecular flexibility index (Phi) is 5.18. The normalized spacial score (nSPS) is 15.8. The zero-order valence-corrected chi connectivity index (χ0v) is 14.6. The third-order valence-electron chi connectivity index (χ3n) is 4.73. The first-order chi connectivity index (χ1) is 11.6. The van der Waals surface area contributed by atoms with Crippen LogP contribution in [0.3, 0.4) is 0 Å². The van der Waals surface area contributed by atoms with Gasteiger partial charge in [-0.3, -0.25) is 0 Å². The van der Waals surface area contributed by atoms with E-state index in [4.69, 9.17) is 5.73 Å². The number of benzene rings is 1. The van der Waals surface area contributed by atoms with Gasteiger partial charge in [0.15, 0.2) is 11.6 Å². The van der Waals surface area contributed by atoms with Crippen molar-refractivity contribution in [2.24, 2.45) is 0 Å². The molecule has 0 bridgehead atoms. The highest BCUT2D eigenvalue weighted by Crippen LogP contribution is 2.29. The second-order valence-corrected chi connectivity index (χ2v) is 6.76. The molecular formula is C19H27N5. The molecule has 0 atom stereocenters. The minimum atomic E-state index is 0.457. The minimum absolute atomic E-state index is 0.457. The summed E-state index contributed by atoms with van der Waals surface area (Å²) in [5.41, 5.74) is 10.3. The van der Waals surface area contributed by atoms with Crippen molar-refractivity contribution in [3.63, 3.8) is 0 Å². The maximum Gasteiger partial charge on any atom is 0.159 e. The molecule has 0 unspecified atom stereocenters. The average molecular weight is 325 g/mol. The van der Waals surface area contributed by atoms with Gasteiger partial charge in [0.05, 0.1) is 0 Å². The van der Waals surface area contributed by atoms with Crippen LogP contribution < -0.4 is 16.4 Å². The zero-order valence-electron chi connectivity index (χ0n) is 14.6. The van der Waals surface area contributed by atoms with Crippen LogP contribution >= 0.6 is 0 Å². The maximum absolute atomic E-state index is 6.33. The Morgan fingerprint density at radius 3 is 2.46 bits per heavy atom. The van der Waals surface area contributed by atoms with Crippen molar-refractivity contribution in [2.75, 3.05) is 16.4 Å². The van der Waals surface area contributed by atoms with Crippen LogP contribution in [0.4, 0.5) is 23.0 Å². The smallest absolute Gasteiger partial charge is 0.159 e. The molecule has 1 aromatic carbocycles. The van der Waals surface area contributed by atoms with Crippen molar-refractivity contribution < 1.29 is 0 Å². The number of aryl methyl sites for hydroxylation is 2.